The number of rotatable bonds is 2. The zero-order valence-electron chi connectivity index (χ0n) is 10.7. The van der Waals surface area contributed by atoms with Crippen molar-refractivity contribution >= 4 is 17.3 Å². The zero-order chi connectivity index (χ0) is 12.7. The maximum absolute atomic E-state index is 4.63. The van der Waals surface area contributed by atoms with E-state index in [9.17, 15) is 0 Å². The highest BCUT2D eigenvalue weighted by Crippen LogP contribution is 2.28. The minimum absolute atomic E-state index is 0.622. The van der Waals surface area contributed by atoms with Crippen molar-refractivity contribution in [3.8, 4) is 11.4 Å². The van der Waals surface area contributed by atoms with Crippen LogP contribution in [-0.4, -0.2) is 40.9 Å². The quantitative estimate of drug-likeness (QED) is 0.876. The van der Waals surface area contributed by atoms with E-state index in [4.69, 9.17) is 0 Å². The highest BCUT2D eigenvalue weighted by molar-refractivity contribution is 7.08. The summed E-state index contributed by atoms with van der Waals surface area (Å²) in [5.41, 5.74) is 1.12. The van der Waals surface area contributed by atoms with E-state index in [0.717, 1.165) is 42.9 Å². The lowest BCUT2D eigenvalue weighted by Crippen LogP contribution is -2.40. The Morgan fingerprint density at radius 2 is 2.37 bits per heavy atom. The fourth-order valence-corrected chi connectivity index (χ4v) is 3.77. The highest BCUT2D eigenvalue weighted by atomic mass is 32.1. The number of nitrogens with one attached hydrogen (secondary N) is 2. The molecule has 2 unspecified atom stereocenters. The Balaban J connectivity index is 1.54. The fourth-order valence-electron chi connectivity index (χ4n) is 3.13. The van der Waals surface area contributed by atoms with Crippen LogP contribution in [0.4, 0.5) is 5.95 Å². The molecule has 0 amide bonds. The Bertz CT molecular complexity index is 535. The van der Waals surface area contributed by atoms with Gasteiger partial charge in [-0.2, -0.15) is 16.3 Å². The van der Waals surface area contributed by atoms with Crippen molar-refractivity contribution in [2.75, 3.05) is 24.5 Å². The fraction of sp³-hybridized carbons (Fsp3) is 0.538. The number of nitrogens with zero attached hydrogens (tertiary/aromatic N) is 3. The first-order valence-corrected chi connectivity index (χ1v) is 7.78. The molecular weight excluding hydrogens is 258 g/mol. The van der Waals surface area contributed by atoms with Gasteiger partial charge in [0.15, 0.2) is 5.82 Å². The Morgan fingerprint density at radius 3 is 3.21 bits per heavy atom. The molecule has 2 fully saturated rings. The van der Waals surface area contributed by atoms with Crippen molar-refractivity contribution < 1.29 is 0 Å². The topological polar surface area (TPSA) is 56.8 Å². The Labute approximate surface area is 116 Å². The van der Waals surface area contributed by atoms with Gasteiger partial charge >= 0.3 is 0 Å². The molecule has 19 heavy (non-hydrogen) atoms. The summed E-state index contributed by atoms with van der Waals surface area (Å²) < 4.78 is 0. The van der Waals surface area contributed by atoms with E-state index >= 15 is 0 Å². The molecule has 4 rings (SSSR count). The molecule has 2 aliphatic rings. The van der Waals surface area contributed by atoms with Crippen molar-refractivity contribution in [3.63, 3.8) is 0 Å². The minimum atomic E-state index is 0.622. The molecule has 4 heterocycles. The van der Waals surface area contributed by atoms with Gasteiger partial charge in [-0.05, 0) is 36.8 Å². The highest BCUT2D eigenvalue weighted by Gasteiger charge is 2.35. The van der Waals surface area contributed by atoms with Crippen LogP contribution < -0.4 is 10.2 Å². The van der Waals surface area contributed by atoms with Crippen LogP contribution in [0.1, 0.15) is 12.8 Å². The molecule has 0 radical (unpaired) electrons. The van der Waals surface area contributed by atoms with Gasteiger partial charge in [0.2, 0.25) is 5.95 Å². The largest absolute Gasteiger partial charge is 0.338 e. The van der Waals surface area contributed by atoms with Gasteiger partial charge in [0.1, 0.15) is 0 Å². The van der Waals surface area contributed by atoms with E-state index in [2.05, 4.69) is 42.2 Å². The zero-order valence-corrected chi connectivity index (χ0v) is 11.5. The minimum Gasteiger partial charge on any atom is -0.338 e. The van der Waals surface area contributed by atoms with Crippen LogP contribution in [0.15, 0.2) is 16.8 Å². The molecule has 6 heteroatoms. The van der Waals surface area contributed by atoms with Crippen LogP contribution in [0.2, 0.25) is 0 Å². The molecule has 2 aliphatic heterocycles. The second-order valence-corrected chi connectivity index (χ2v) is 6.14. The third kappa shape index (κ3) is 2.04. The van der Waals surface area contributed by atoms with Crippen molar-refractivity contribution in [2.24, 2.45) is 5.92 Å². The SMILES string of the molecule is c1cc(-c2nc(N3CC4CCCNC4C3)n[nH]2)cs1. The summed E-state index contributed by atoms with van der Waals surface area (Å²) in [5, 5.41) is 15.2. The molecule has 0 spiro atoms. The number of anilines is 1. The second-order valence-electron chi connectivity index (χ2n) is 5.36. The number of H-pyrrole nitrogens is 1. The van der Waals surface area contributed by atoms with Crippen LogP contribution in [-0.2, 0) is 0 Å². The van der Waals surface area contributed by atoms with E-state index in [1.807, 2.05) is 0 Å². The number of piperidine rings is 1. The summed E-state index contributed by atoms with van der Waals surface area (Å²) in [7, 11) is 0. The van der Waals surface area contributed by atoms with Crippen LogP contribution in [0, 0.1) is 5.92 Å². The average molecular weight is 275 g/mol. The third-order valence-corrected chi connectivity index (χ3v) is 4.83. The van der Waals surface area contributed by atoms with Gasteiger partial charge in [-0.25, -0.2) is 0 Å². The molecular formula is C13H17N5S. The molecule has 2 N–H and O–H groups in total. The molecule has 2 saturated heterocycles. The predicted octanol–water partition coefficient (Wildman–Crippen LogP) is 1.72. The summed E-state index contributed by atoms with van der Waals surface area (Å²) >= 11 is 1.68. The first-order valence-electron chi connectivity index (χ1n) is 6.83. The summed E-state index contributed by atoms with van der Waals surface area (Å²) in [6, 6.07) is 2.69. The average Bonchev–Trinajstić information content (AvgIpc) is 3.17. The Hall–Kier alpha value is -1.40. The number of thiophene rings is 1. The smallest absolute Gasteiger partial charge is 0.245 e. The number of aromatic nitrogens is 3. The van der Waals surface area contributed by atoms with Crippen molar-refractivity contribution in [3.05, 3.63) is 16.8 Å². The van der Waals surface area contributed by atoms with Crippen molar-refractivity contribution in [1.29, 1.82) is 0 Å². The summed E-state index contributed by atoms with van der Waals surface area (Å²) in [4.78, 5) is 6.94. The summed E-state index contributed by atoms with van der Waals surface area (Å²) in [6.45, 7) is 3.27. The molecule has 100 valence electrons. The molecule has 0 aliphatic carbocycles. The molecule has 0 saturated carbocycles. The standard InChI is InChI=1S/C13H17N5S/c1-2-9-6-18(7-11(9)14-4-1)13-15-12(16-17-13)10-3-5-19-8-10/h3,5,8-9,11,14H,1-2,4,6-7H2,(H,15,16,17). The summed E-state index contributed by atoms with van der Waals surface area (Å²) in [5.74, 6) is 2.48. The monoisotopic (exact) mass is 275 g/mol. The first-order chi connectivity index (χ1) is 9.40. The van der Waals surface area contributed by atoms with Gasteiger partial charge in [0, 0.05) is 30.1 Å². The van der Waals surface area contributed by atoms with Gasteiger partial charge in [-0.1, -0.05) is 0 Å². The maximum atomic E-state index is 4.63. The van der Waals surface area contributed by atoms with Crippen LogP contribution in [0.25, 0.3) is 11.4 Å². The molecule has 0 bridgehead atoms. The molecule has 2 atom stereocenters. The first kappa shape index (κ1) is 11.4. The second kappa shape index (κ2) is 4.61. The number of aromatic amines is 1. The van der Waals surface area contributed by atoms with Gasteiger partial charge in [-0.3, -0.25) is 5.10 Å². The van der Waals surface area contributed by atoms with Crippen molar-refractivity contribution in [2.45, 2.75) is 18.9 Å². The predicted molar refractivity (Wildman–Crippen MR) is 76.4 cm³/mol. The van der Waals surface area contributed by atoms with Crippen LogP contribution in [0.3, 0.4) is 0 Å². The van der Waals surface area contributed by atoms with E-state index in [-0.39, 0.29) is 0 Å². The number of fused-ring (bicyclic) bond motifs is 1. The van der Waals surface area contributed by atoms with Gasteiger partial charge in [0.05, 0.1) is 0 Å². The molecule has 2 aromatic rings. The Kier molecular flexibility index (Phi) is 2.77. The normalized spacial score (nSPS) is 26.6. The lowest BCUT2D eigenvalue weighted by molar-refractivity contribution is 0.340. The number of hydrogen-bond acceptors (Lipinski definition) is 5. The van der Waals surface area contributed by atoms with Gasteiger partial charge in [0.25, 0.3) is 0 Å². The third-order valence-electron chi connectivity index (χ3n) is 4.15. The number of hydrogen-bond donors (Lipinski definition) is 2. The Morgan fingerprint density at radius 1 is 1.37 bits per heavy atom. The lowest BCUT2D eigenvalue weighted by atomic mass is 9.94. The van der Waals surface area contributed by atoms with Crippen LogP contribution in [0.5, 0.6) is 0 Å². The maximum Gasteiger partial charge on any atom is 0.245 e. The lowest BCUT2D eigenvalue weighted by Gasteiger charge is -2.24. The molecule has 2 aromatic heterocycles. The van der Waals surface area contributed by atoms with E-state index in [1.54, 1.807) is 11.3 Å². The van der Waals surface area contributed by atoms with Gasteiger partial charge in [-0.15, -0.1) is 5.10 Å². The van der Waals surface area contributed by atoms with E-state index < -0.39 is 0 Å². The summed E-state index contributed by atoms with van der Waals surface area (Å²) in [6.07, 6.45) is 2.62. The van der Waals surface area contributed by atoms with Crippen molar-refractivity contribution in [1.82, 2.24) is 20.5 Å². The van der Waals surface area contributed by atoms with E-state index in [0.29, 0.717) is 6.04 Å². The van der Waals surface area contributed by atoms with Crippen LogP contribution >= 0.6 is 11.3 Å². The molecule has 5 nitrogen and oxygen atoms in total. The van der Waals surface area contributed by atoms with Gasteiger partial charge < -0.3 is 10.2 Å². The molecule has 0 aromatic carbocycles. The van der Waals surface area contributed by atoms with E-state index in [1.165, 1.54) is 12.8 Å².